The molecule has 0 saturated carbocycles. The summed E-state index contributed by atoms with van der Waals surface area (Å²) < 4.78 is 23.9. The minimum atomic E-state index is -3.05. The van der Waals surface area contributed by atoms with Crippen molar-refractivity contribution in [2.75, 3.05) is 6.26 Å². The fourth-order valence-corrected chi connectivity index (χ4v) is 3.94. The van der Waals surface area contributed by atoms with Crippen molar-refractivity contribution in [3.63, 3.8) is 0 Å². The summed E-state index contributed by atoms with van der Waals surface area (Å²) in [5.74, 6) is 0. The molecular formula is C5H4Br2O2S2. The van der Waals surface area contributed by atoms with Crippen LogP contribution in [0.25, 0.3) is 0 Å². The number of hydrogen-bond acceptors (Lipinski definition) is 3. The molecule has 0 aromatic carbocycles. The Morgan fingerprint density at radius 1 is 1.45 bits per heavy atom. The fraction of sp³-hybridized carbons (Fsp3) is 0.200. The second kappa shape index (κ2) is 3.16. The Morgan fingerprint density at radius 2 is 2.00 bits per heavy atom. The third-order valence-corrected chi connectivity index (χ3v) is 6.05. The predicted octanol–water partition coefficient (Wildman–Crippen LogP) is 2.68. The smallest absolute Gasteiger partial charge is 0.184 e. The van der Waals surface area contributed by atoms with Crippen LogP contribution in [0.3, 0.4) is 0 Å². The SMILES string of the molecule is CS(=O)(=O)c1cc(Br)c(Br)s1. The van der Waals surface area contributed by atoms with Crippen molar-refractivity contribution in [2.45, 2.75) is 4.21 Å². The first kappa shape index (κ1) is 9.70. The molecule has 0 aliphatic carbocycles. The summed E-state index contributed by atoms with van der Waals surface area (Å²) in [6.45, 7) is 0. The van der Waals surface area contributed by atoms with E-state index in [1.165, 1.54) is 17.6 Å². The average Bonchev–Trinajstić information content (AvgIpc) is 2.11. The van der Waals surface area contributed by atoms with Crippen molar-refractivity contribution < 1.29 is 8.42 Å². The molecule has 2 nitrogen and oxygen atoms in total. The van der Waals surface area contributed by atoms with Crippen LogP contribution in [0.4, 0.5) is 0 Å². The summed E-state index contributed by atoms with van der Waals surface area (Å²) in [6, 6.07) is 1.59. The Balaban J connectivity index is 3.29. The topological polar surface area (TPSA) is 34.1 Å². The van der Waals surface area contributed by atoms with Gasteiger partial charge >= 0.3 is 0 Å². The second-order valence-electron chi connectivity index (χ2n) is 1.96. The highest BCUT2D eigenvalue weighted by Gasteiger charge is 2.12. The van der Waals surface area contributed by atoms with Gasteiger partial charge in [0, 0.05) is 10.7 Å². The van der Waals surface area contributed by atoms with Gasteiger partial charge in [-0.05, 0) is 37.9 Å². The van der Waals surface area contributed by atoms with Crippen LogP contribution in [-0.2, 0) is 9.84 Å². The van der Waals surface area contributed by atoms with Gasteiger partial charge in [0.15, 0.2) is 9.84 Å². The summed E-state index contributed by atoms with van der Waals surface area (Å²) in [5.41, 5.74) is 0. The maximum atomic E-state index is 11.0. The molecule has 0 unspecified atom stereocenters. The lowest BCUT2D eigenvalue weighted by Gasteiger charge is -1.86. The lowest BCUT2D eigenvalue weighted by Crippen LogP contribution is -1.91. The second-order valence-corrected chi connectivity index (χ2v) is 7.43. The van der Waals surface area contributed by atoms with E-state index in [0.717, 1.165) is 8.26 Å². The molecule has 0 radical (unpaired) electrons. The van der Waals surface area contributed by atoms with Crippen LogP contribution in [-0.4, -0.2) is 14.7 Å². The van der Waals surface area contributed by atoms with E-state index in [1.807, 2.05) is 0 Å². The maximum Gasteiger partial charge on any atom is 0.184 e. The summed E-state index contributed by atoms with van der Waals surface area (Å²) in [6.07, 6.45) is 1.19. The van der Waals surface area contributed by atoms with Crippen LogP contribution in [0.15, 0.2) is 18.5 Å². The van der Waals surface area contributed by atoms with Crippen molar-refractivity contribution in [2.24, 2.45) is 0 Å². The van der Waals surface area contributed by atoms with Crippen LogP contribution >= 0.6 is 43.2 Å². The van der Waals surface area contributed by atoms with E-state index in [0.29, 0.717) is 4.21 Å². The number of sulfone groups is 1. The van der Waals surface area contributed by atoms with E-state index in [2.05, 4.69) is 31.9 Å². The summed E-state index contributed by atoms with van der Waals surface area (Å²) in [7, 11) is -3.05. The number of thiophene rings is 1. The van der Waals surface area contributed by atoms with E-state index in [-0.39, 0.29) is 0 Å². The molecule has 6 heteroatoms. The molecule has 0 atom stereocenters. The highest BCUT2D eigenvalue weighted by molar-refractivity contribution is 9.13. The normalized spacial score (nSPS) is 11.9. The number of hydrogen-bond donors (Lipinski definition) is 0. The Kier molecular flexibility index (Phi) is 2.79. The zero-order valence-electron chi connectivity index (χ0n) is 5.47. The van der Waals surface area contributed by atoms with E-state index in [9.17, 15) is 8.42 Å². The Labute approximate surface area is 85.8 Å². The minimum Gasteiger partial charge on any atom is -0.223 e. The Morgan fingerprint density at radius 3 is 2.18 bits per heavy atom. The van der Waals surface area contributed by atoms with Crippen LogP contribution in [0.2, 0.25) is 0 Å². The number of rotatable bonds is 1. The monoisotopic (exact) mass is 318 g/mol. The zero-order valence-corrected chi connectivity index (χ0v) is 10.3. The zero-order chi connectivity index (χ0) is 8.65. The molecule has 0 bridgehead atoms. The van der Waals surface area contributed by atoms with Gasteiger partial charge in [0.25, 0.3) is 0 Å². The lowest BCUT2D eigenvalue weighted by molar-refractivity contribution is 0.604. The van der Waals surface area contributed by atoms with Gasteiger partial charge < -0.3 is 0 Å². The molecule has 0 amide bonds. The number of halogens is 2. The molecule has 0 spiro atoms. The van der Waals surface area contributed by atoms with Crippen LogP contribution in [0, 0.1) is 0 Å². The minimum absolute atomic E-state index is 0.372. The van der Waals surface area contributed by atoms with Crippen LogP contribution in [0.1, 0.15) is 0 Å². The van der Waals surface area contributed by atoms with Gasteiger partial charge in [-0.3, -0.25) is 0 Å². The van der Waals surface area contributed by atoms with Crippen LogP contribution in [0.5, 0.6) is 0 Å². The van der Waals surface area contributed by atoms with Gasteiger partial charge in [-0.1, -0.05) is 0 Å². The summed E-state index contributed by atoms with van der Waals surface area (Å²) in [4.78, 5) is 0. The molecule has 11 heavy (non-hydrogen) atoms. The fourth-order valence-electron chi connectivity index (χ4n) is 0.509. The van der Waals surface area contributed by atoms with E-state index >= 15 is 0 Å². The Bertz CT molecular complexity index is 346. The molecule has 0 saturated heterocycles. The van der Waals surface area contributed by atoms with Crippen molar-refractivity contribution in [1.82, 2.24) is 0 Å². The van der Waals surface area contributed by atoms with Crippen molar-refractivity contribution in [1.29, 1.82) is 0 Å². The molecule has 0 fully saturated rings. The largest absolute Gasteiger partial charge is 0.223 e. The van der Waals surface area contributed by atoms with Crippen LogP contribution < -0.4 is 0 Å². The third-order valence-electron chi connectivity index (χ3n) is 0.988. The van der Waals surface area contributed by atoms with E-state index in [1.54, 1.807) is 6.07 Å². The predicted molar refractivity (Wildman–Crippen MR) is 52.8 cm³/mol. The third kappa shape index (κ3) is 2.27. The van der Waals surface area contributed by atoms with E-state index in [4.69, 9.17) is 0 Å². The van der Waals surface area contributed by atoms with Gasteiger partial charge in [0.2, 0.25) is 0 Å². The average molecular weight is 320 g/mol. The maximum absolute atomic E-state index is 11.0. The van der Waals surface area contributed by atoms with E-state index < -0.39 is 9.84 Å². The van der Waals surface area contributed by atoms with Crippen molar-refractivity contribution in [3.8, 4) is 0 Å². The Hall–Kier alpha value is 0.610. The molecule has 62 valence electrons. The molecule has 1 aromatic rings. The van der Waals surface area contributed by atoms with Gasteiger partial charge in [0.1, 0.15) is 4.21 Å². The van der Waals surface area contributed by atoms with Gasteiger partial charge in [-0.15, -0.1) is 11.3 Å². The molecular weight excluding hydrogens is 316 g/mol. The highest BCUT2D eigenvalue weighted by atomic mass is 79.9. The van der Waals surface area contributed by atoms with Gasteiger partial charge in [-0.2, -0.15) is 0 Å². The lowest BCUT2D eigenvalue weighted by atomic mass is 10.7. The molecule has 1 heterocycles. The molecule has 0 aliphatic rings. The summed E-state index contributed by atoms with van der Waals surface area (Å²) >= 11 is 7.63. The quantitative estimate of drug-likeness (QED) is 0.797. The van der Waals surface area contributed by atoms with Gasteiger partial charge in [0.05, 0.1) is 3.79 Å². The van der Waals surface area contributed by atoms with Crippen molar-refractivity contribution >= 4 is 53.0 Å². The molecule has 0 aliphatic heterocycles. The molecule has 0 N–H and O–H groups in total. The highest BCUT2D eigenvalue weighted by Crippen LogP contribution is 2.34. The van der Waals surface area contributed by atoms with Gasteiger partial charge in [-0.25, -0.2) is 8.42 Å². The molecule has 1 aromatic heterocycles. The summed E-state index contributed by atoms with van der Waals surface area (Å²) in [5, 5.41) is 0. The standard InChI is InChI=1S/C5H4Br2O2S2/c1-11(8,9)4-2-3(6)5(7)10-4/h2H,1H3. The first-order chi connectivity index (χ1) is 4.91. The first-order valence-electron chi connectivity index (χ1n) is 2.56. The van der Waals surface area contributed by atoms with Crippen molar-refractivity contribution in [3.05, 3.63) is 14.3 Å². The first-order valence-corrected chi connectivity index (χ1v) is 6.85. The molecule has 1 rings (SSSR count).